The molecule has 8 nitrogen and oxygen atoms in total. The van der Waals surface area contributed by atoms with Gasteiger partial charge in [-0.3, -0.25) is 19.6 Å². The largest absolute Gasteiger partial charge is 0.336 e. The Hall–Kier alpha value is -3.16. The molecular weight excluding hydrogens is 334 g/mol. The second-order valence-corrected chi connectivity index (χ2v) is 6.37. The van der Waals surface area contributed by atoms with Crippen molar-refractivity contribution < 1.29 is 14.4 Å². The molecule has 3 rings (SSSR count). The third-order valence-electron chi connectivity index (χ3n) is 4.62. The van der Waals surface area contributed by atoms with Crippen molar-refractivity contribution in [2.45, 2.75) is 13.0 Å². The van der Waals surface area contributed by atoms with E-state index in [9.17, 15) is 14.4 Å². The molecule has 1 aliphatic rings. The fourth-order valence-electron chi connectivity index (χ4n) is 2.80. The molecule has 1 saturated heterocycles. The van der Waals surface area contributed by atoms with Crippen LogP contribution in [0.3, 0.4) is 0 Å². The Morgan fingerprint density at radius 1 is 1.31 bits per heavy atom. The second kappa shape index (κ2) is 6.99. The number of rotatable bonds is 5. The van der Waals surface area contributed by atoms with Crippen molar-refractivity contribution in [3.05, 3.63) is 42.1 Å². The molecule has 26 heavy (non-hydrogen) atoms. The number of likely N-dealkylation sites (N-methyl/N-ethyl adjacent to an activating group) is 2. The summed E-state index contributed by atoms with van der Waals surface area (Å²) in [5, 5.41) is 7.26. The minimum Gasteiger partial charge on any atom is -0.336 e. The summed E-state index contributed by atoms with van der Waals surface area (Å²) in [6.45, 7) is 1.61. The number of carbonyl (C=O) groups excluding carboxylic acids is 3. The summed E-state index contributed by atoms with van der Waals surface area (Å²) in [6, 6.07) is 10.9. The van der Waals surface area contributed by atoms with E-state index in [0.29, 0.717) is 0 Å². The number of nitrogens with one attached hydrogen (secondary N) is 1. The zero-order valence-corrected chi connectivity index (χ0v) is 15.0. The molecule has 1 aromatic heterocycles. The molecule has 0 unspecified atom stereocenters. The zero-order valence-electron chi connectivity index (χ0n) is 15.0. The van der Waals surface area contributed by atoms with Crippen LogP contribution >= 0.6 is 0 Å². The van der Waals surface area contributed by atoms with Crippen molar-refractivity contribution in [3.63, 3.8) is 0 Å². The first kappa shape index (κ1) is 17.7. The van der Waals surface area contributed by atoms with E-state index in [4.69, 9.17) is 0 Å². The van der Waals surface area contributed by atoms with Gasteiger partial charge in [-0.1, -0.05) is 30.3 Å². The van der Waals surface area contributed by atoms with Gasteiger partial charge in [0.1, 0.15) is 13.1 Å². The maximum Gasteiger partial charge on any atom is 0.327 e. The molecule has 0 saturated carbocycles. The van der Waals surface area contributed by atoms with E-state index < -0.39 is 6.03 Å². The molecule has 1 fully saturated rings. The van der Waals surface area contributed by atoms with E-state index in [0.717, 1.165) is 21.9 Å². The number of urea groups is 1. The molecule has 4 amide bonds. The van der Waals surface area contributed by atoms with Gasteiger partial charge in [-0.2, -0.15) is 5.10 Å². The first-order valence-electron chi connectivity index (χ1n) is 8.30. The topological polar surface area (TPSA) is 89.6 Å². The van der Waals surface area contributed by atoms with Crippen LogP contribution in [0.1, 0.15) is 18.7 Å². The van der Waals surface area contributed by atoms with Crippen molar-refractivity contribution in [1.29, 1.82) is 0 Å². The van der Waals surface area contributed by atoms with Crippen molar-refractivity contribution in [2.75, 3.05) is 27.2 Å². The zero-order chi connectivity index (χ0) is 18.8. The highest BCUT2D eigenvalue weighted by Gasteiger charge is 2.36. The number of aromatic amines is 1. The summed E-state index contributed by atoms with van der Waals surface area (Å²) >= 11 is 0. The summed E-state index contributed by atoms with van der Waals surface area (Å²) in [4.78, 5) is 40.0. The van der Waals surface area contributed by atoms with Gasteiger partial charge < -0.3 is 9.80 Å². The maximum atomic E-state index is 12.5. The SMILES string of the molecule is C[C@H](c1cc(-c2ccccc2)n[nH]1)N(C)C(=O)CN1C(=O)CN(C)C1=O. The number of benzene rings is 1. The van der Waals surface area contributed by atoms with Gasteiger partial charge >= 0.3 is 6.03 Å². The number of H-pyrrole nitrogens is 1. The molecule has 2 aromatic rings. The summed E-state index contributed by atoms with van der Waals surface area (Å²) in [7, 11) is 3.18. The highest BCUT2D eigenvalue weighted by atomic mass is 16.2. The molecule has 0 radical (unpaired) electrons. The second-order valence-electron chi connectivity index (χ2n) is 6.37. The summed E-state index contributed by atoms with van der Waals surface area (Å²) in [5.74, 6) is -0.676. The molecule has 1 aromatic carbocycles. The van der Waals surface area contributed by atoms with E-state index in [1.165, 1.54) is 16.8 Å². The van der Waals surface area contributed by atoms with Crippen LogP contribution in [0.5, 0.6) is 0 Å². The highest BCUT2D eigenvalue weighted by Crippen LogP contribution is 2.23. The third-order valence-corrected chi connectivity index (χ3v) is 4.62. The van der Waals surface area contributed by atoms with Crippen LogP contribution in [-0.4, -0.2) is 69.9 Å². The third kappa shape index (κ3) is 3.30. The molecule has 0 spiro atoms. The molecule has 1 atom stereocenters. The lowest BCUT2D eigenvalue weighted by molar-refractivity contribution is -0.137. The van der Waals surface area contributed by atoms with Crippen molar-refractivity contribution >= 4 is 17.8 Å². The van der Waals surface area contributed by atoms with Crippen LogP contribution in [0.2, 0.25) is 0 Å². The Morgan fingerprint density at radius 3 is 2.62 bits per heavy atom. The Morgan fingerprint density at radius 2 is 2.00 bits per heavy atom. The normalized spacial score (nSPS) is 15.5. The van der Waals surface area contributed by atoms with Crippen LogP contribution < -0.4 is 0 Å². The molecule has 136 valence electrons. The number of aromatic nitrogens is 2. The molecule has 0 aliphatic carbocycles. The minimum atomic E-state index is -0.447. The van der Waals surface area contributed by atoms with E-state index in [-0.39, 0.29) is 30.9 Å². The van der Waals surface area contributed by atoms with Gasteiger partial charge in [-0.15, -0.1) is 0 Å². The number of nitrogens with zero attached hydrogens (tertiary/aromatic N) is 4. The van der Waals surface area contributed by atoms with E-state index in [2.05, 4.69) is 10.2 Å². The molecule has 1 aliphatic heterocycles. The molecule has 0 bridgehead atoms. The lowest BCUT2D eigenvalue weighted by atomic mass is 10.1. The highest BCUT2D eigenvalue weighted by molar-refractivity contribution is 6.04. The van der Waals surface area contributed by atoms with Crippen molar-refractivity contribution in [3.8, 4) is 11.3 Å². The van der Waals surface area contributed by atoms with Gasteiger partial charge in [0, 0.05) is 19.7 Å². The van der Waals surface area contributed by atoms with Crippen LogP contribution in [-0.2, 0) is 9.59 Å². The Labute approximate surface area is 151 Å². The Kier molecular flexibility index (Phi) is 4.75. The standard InChI is InChI=1S/C18H21N5O3/c1-12(14-9-15(20-19-14)13-7-5-4-6-8-13)22(3)16(24)11-23-17(25)10-21(2)18(23)26/h4-9,12H,10-11H2,1-3H3,(H,19,20)/t12-/m1/s1. The van der Waals surface area contributed by atoms with E-state index >= 15 is 0 Å². The van der Waals surface area contributed by atoms with Crippen molar-refractivity contribution in [1.82, 2.24) is 24.9 Å². The van der Waals surface area contributed by atoms with Crippen LogP contribution in [0, 0.1) is 0 Å². The van der Waals surface area contributed by atoms with E-state index in [1.807, 2.05) is 43.3 Å². The lowest BCUT2D eigenvalue weighted by Gasteiger charge is -2.25. The Balaban J connectivity index is 1.69. The molecule has 1 N–H and O–H groups in total. The number of carbonyl (C=O) groups is 3. The van der Waals surface area contributed by atoms with E-state index in [1.54, 1.807) is 7.05 Å². The van der Waals surface area contributed by atoms with Crippen LogP contribution in [0.25, 0.3) is 11.3 Å². The predicted octanol–water partition coefficient (Wildman–Crippen LogP) is 1.49. The van der Waals surface area contributed by atoms with Gasteiger partial charge in [0.25, 0.3) is 5.91 Å². The fourth-order valence-corrected chi connectivity index (χ4v) is 2.80. The Bertz CT molecular complexity index is 832. The minimum absolute atomic E-state index is 0.00631. The number of hydrogen-bond acceptors (Lipinski definition) is 4. The van der Waals surface area contributed by atoms with Gasteiger partial charge in [0.05, 0.1) is 17.4 Å². The van der Waals surface area contributed by atoms with Gasteiger partial charge in [-0.05, 0) is 13.0 Å². The quantitative estimate of drug-likeness (QED) is 0.823. The number of amides is 4. The monoisotopic (exact) mass is 355 g/mol. The van der Waals surface area contributed by atoms with Gasteiger partial charge in [0.2, 0.25) is 5.91 Å². The van der Waals surface area contributed by atoms with Crippen LogP contribution in [0.15, 0.2) is 36.4 Å². The van der Waals surface area contributed by atoms with Gasteiger partial charge in [0.15, 0.2) is 0 Å². The fraction of sp³-hybridized carbons (Fsp3) is 0.333. The lowest BCUT2D eigenvalue weighted by Crippen LogP contribution is -2.42. The number of imide groups is 1. The average molecular weight is 355 g/mol. The molecule has 8 heteroatoms. The average Bonchev–Trinajstić information content (AvgIpc) is 3.22. The van der Waals surface area contributed by atoms with Crippen molar-refractivity contribution in [2.24, 2.45) is 0 Å². The van der Waals surface area contributed by atoms with Gasteiger partial charge in [-0.25, -0.2) is 4.79 Å². The summed E-state index contributed by atoms with van der Waals surface area (Å²) in [6.07, 6.45) is 0. The first-order chi connectivity index (χ1) is 12.4. The maximum absolute atomic E-state index is 12.5. The van der Waals surface area contributed by atoms with Crippen LogP contribution in [0.4, 0.5) is 4.79 Å². The predicted molar refractivity (Wildman–Crippen MR) is 94.9 cm³/mol. The number of hydrogen-bond donors (Lipinski definition) is 1. The summed E-state index contributed by atoms with van der Waals surface area (Å²) < 4.78 is 0. The molecular formula is C18H21N5O3. The molecule has 2 heterocycles. The smallest absolute Gasteiger partial charge is 0.327 e. The summed E-state index contributed by atoms with van der Waals surface area (Å²) in [5.41, 5.74) is 2.54. The first-order valence-corrected chi connectivity index (χ1v) is 8.30.